The van der Waals surface area contributed by atoms with E-state index < -0.39 is 7.26 Å². The zero-order chi connectivity index (χ0) is 21.3. The van der Waals surface area contributed by atoms with Crippen molar-refractivity contribution in [3.63, 3.8) is 0 Å². The van der Waals surface area contributed by atoms with Crippen LogP contribution in [0.3, 0.4) is 0 Å². The van der Waals surface area contributed by atoms with Gasteiger partial charge < -0.3 is 0 Å². The SMILES string of the molecule is Cc1ccc([P+](c2ccc(C)cc2)(c2ccc(C)cc2)C2CCCC(=O)C2C)cc1. The summed E-state index contributed by atoms with van der Waals surface area (Å²) in [5.74, 6) is 0.512. The molecule has 0 N–H and O–H groups in total. The number of hydrogen-bond donors (Lipinski definition) is 0. The molecule has 30 heavy (non-hydrogen) atoms. The predicted octanol–water partition coefficient (Wildman–Crippen LogP) is 5.66. The molecule has 1 fully saturated rings. The van der Waals surface area contributed by atoms with Gasteiger partial charge in [0.15, 0.2) is 0 Å². The van der Waals surface area contributed by atoms with Crippen LogP contribution in [-0.4, -0.2) is 11.4 Å². The fraction of sp³-hybridized carbons (Fsp3) is 0.321. The largest absolute Gasteiger partial charge is 0.299 e. The molecule has 3 aromatic carbocycles. The number of rotatable bonds is 4. The molecule has 0 amide bonds. The van der Waals surface area contributed by atoms with E-state index in [1.54, 1.807) is 0 Å². The molecule has 1 aliphatic rings. The monoisotopic (exact) mass is 415 g/mol. The Bertz CT molecular complexity index is 905. The Labute approximate surface area is 181 Å². The van der Waals surface area contributed by atoms with E-state index >= 15 is 0 Å². The fourth-order valence-corrected chi connectivity index (χ4v) is 10.4. The highest BCUT2D eigenvalue weighted by Crippen LogP contribution is 2.64. The van der Waals surface area contributed by atoms with E-state index in [1.165, 1.54) is 32.6 Å². The first kappa shape index (κ1) is 21.0. The van der Waals surface area contributed by atoms with Crippen LogP contribution in [0.5, 0.6) is 0 Å². The molecule has 0 spiro atoms. The maximum Gasteiger partial charge on any atom is 0.139 e. The normalized spacial score (nSPS) is 19.7. The third kappa shape index (κ3) is 3.65. The van der Waals surface area contributed by atoms with Crippen molar-refractivity contribution in [2.75, 3.05) is 0 Å². The Balaban J connectivity index is 2.06. The van der Waals surface area contributed by atoms with Gasteiger partial charge >= 0.3 is 0 Å². The van der Waals surface area contributed by atoms with Crippen LogP contribution in [-0.2, 0) is 4.79 Å². The Morgan fingerprint density at radius 3 is 1.40 bits per heavy atom. The first-order valence-electron chi connectivity index (χ1n) is 11.1. The minimum absolute atomic E-state index is 0.0796. The molecular weight excluding hydrogens is 383 g/mol. The molecular formula is C28H32OP+. The fourth-order valence-electron chi connectivity index (χ4n) is 5.07. The van der Waals surface area contributed by atoms with Crippen molar-refractivity contribution in [1.82, 2.24) is 0 Å². The third-order valence-corrected chi connectivity index (χ3v) is 11.9. The summed E-state index contributed by atoms with van der Waals surface area (Å²) in [7, 11) is -2.00. The molecule has 1 aliphatic carbocycles. The Kier molecular flexibility index (Phi) is 5.94. The molecule has 1 nitrogen and oxygen atoms in total. The molecule has 0 aromatic heterocycles. The van der Waals surface area contributed by atoms with Crippen LogP contribution >= 0.6 is 7.26 Å². The van der Waals surface area contributed by atoms with Gasteiger partial charge in [-0.2, -0.15) is 0 Å². The van der Waals surface area contributed by atoms with Gasteiger partial charge in [-0.3, -0.25) is 4.79 Å². The standard InChI is InChI=1S/C28H32OP/c1-20-8-14-24(15-9-20)30(25-16-10-21(2)11-17-25,26-18-12-22(3)13-19-26)28-7-5-6-27(29)23(28)4/h8-19,23,28H,5-7H2,1-4H3/q+1. The number of benzene rings is 3. The van der Waals surface area contributed by atoms with E-state index in [1.807, 2.05) is 0 Å². The number of Topliss-reactive ketones (excluding diaryl/α,β-unsaturated/α-hetero) is 1. The summed E-state index contributed by atoms with van der Waals surface area (Å²) in [6, 6.07) is 27.4. The molecule has 154 valence electrons. The number of aryl methyl sites for hydroxylation is 3. The van der Waals surface area contributed by atoms with Crippen molar-refractivity contribution >= 4 is 29.0 Å². The summed E-state index contributed by atoms with van der Waals surface area (Å²) in [5.41, 5.74) is 4.17. The topological polar surface area (TPSA) is 17.1 Å². The number of ketones is 1. The zero-order valence-electron chi connectivity index (χ0n) is 18.6. The molecule has 4 rings (SSSR count). The first-order valence-corrected chi connectivity index (χ1v) is 12.9. The van der Waals surface area contributed by atoms with Crippen LogP contribution in [0.15, 0.2) is 72.8 Å². The average Bonchev–Trinajstić information content (AvgIpc) is 2.75. The second kappa shape index (κ2) is 8.48. The molecule has 2 unspecified atom stereocenters. The lowest BCUT2D eigenvalue weighted by Gasteiger charge is -2.39. The van der Waals surface area contributed by atoms with Gasteiger partial charge in [0.25, 0.3) is 0 Å². The lowest BCUT2D eigenvalue weighted by Crippen LogP contribution is -2.45. The van der Waals surface area contributed by atoms with Gasteiger partial charge in [-0.1, -0.05) is 60.0 Å². The highest BCUT2D eigenvalue weighted by atomic mass is 31.2. The van der Waals surface area contributed by atoms with Gasteiger partial charge in [-0.05, 0) is 70.0 Å². The predicted molar refractivity (Wildman–Crippen MR) is 131 cm³/mol. The molecule has 2 atom stereocenters. The van der Waals surface area contributed by atoms with Crippen LogP contribution in [0.25, 0.3) is 0 Å². The maximum atomic E-state index is 12.9. The van der Waals surface area contributed by atoms with E-state index in [9.17, 15) is 4.79 Å². The molecule has 0 saturated heterocycles. The molecule has 0 aliphatic heterocycles. The van der Waals surface area contributed by atoms with Crippen LogP contribution in [0.2, 0.25) is 0 Å². The number of hydrogen-bond acceptors (Lipinski definition) is 1. The number of carbonyl (C=O) groups excluding carboxylic acids is 1. The van der Waals surface area contributed by atoms with Gasteiger partial charge in [-0.25, -0.2) is 0 Å². The molecule has 0 heterocycles. The second-order valence-corrected chi connectivity index (χ2v) is 12.6. The molecule has 0 radical (unpaired) electrons. The molecule has 1 saturated carbocycles. The summed E-state index contributed by atoms with van der Waals surface area (Å²) in [6.07, 6.45) is 2.84. The number of carbonyl (C=O) groups is 1. The van der Waals surface area contributed by atoms with Crippen LogP contribution < -0.4 is 15.9 Å². The Morgan fingerprint density at radius 1 is 0.667 bits per heavy atom. The van der Waals surface area contributed by atoms with Crippen LogP contribution in [0, 0.1) is 26.7 Å². The summed E-state index contributed by atoms with van der Waals surface area (Å²) in [4.78, 5) is 12.9. The summed E-state index contributed by atoms with van der Waals surface area (Å²) >= 11 is 0. The average molecular weight is 416 g/mol. The first-order chi connectivity index (χ1) is 14.4. The van der Waals surface area contributed by atoms with E-state index in [-0.39, 0.29) is 5.92 Å². The van der Waals surface area contributed by atoms with Crippen molar-refractivity contribution < 1.29 is 4.79 Å². The van der Waals surface area contributed by atoms with E-state index in [2.05, 4.69) is 100 Å². The van der Waals surface area contributed by atoms with Gasteiger partial charge in [0.2, 0.25) is 0 Å². The summed E-state index contributed by atoms with van der Waals surface area (Å²) in [5, 5.41) is 4.19. The molecule has 2 heteroatoms. The lowest BCUT2D eigenvalue weighted by atomic mass is 9.89. The smallest absolute Gasteiger partial charge is 0.139 e. The van der Waals surface area contributed by atoms with E-state index in [4.69, 9.17) is 0 Å². The van der Waals surface area contributed by atoms with Crippen molar-refractivity contribution in [1.29, 1.82) is 0 Å². The quantitative estimate of drug-likeness (QED) is 0.502. The highest BCUT2D eigenvalue weighted by molar-refractivity contribution is 7.96. The maximum absolute atomic E-state index is 12.9. The minimum atomic E-state index is -2.00. The second-order valence-electron chi connectivity index (χ2n) is 8.94. The van der Waals surface area contributed by atoms with Gasteiger partial charge in [0.05, 0.1) is 11.6 Å². The summed E-state index contributed by atoms with van der Waals surface area (Å²) in [6.45, 7) is 8.62. The van der Waals surface area contributed by atoms with E-state index in [0.29, 0.717) is 11.4 Å². The zero-order valence-corrected chi connectivity index (χ0v) is 19.5. The van der Waals surface area contributed by atoms with Gasteiger partial charge in [0, 0.05) is 6.42 Å². The summed E-state index contributed by atoms with van der Waals surface area (Å²) < 4.78 is 0. The van der Waals surface area contributed by atoms with Crippen LogP contribution in [0.1, 0.15) is 42.9 Å². The van der Waals surface area contributed by atoms with Crippen molar-refractivity contribution in [2.45, 2.75) is 52.6 Å². The van der Waals surface area contributed by atoms with Crippen molar-refractivity contribution in [3.8, 4) is 0 Å². The van der Waals surface area contributed by atoms with Gasteiger partial charge in [-0.15, -0.1) is 0 Å². The third-order valence-electron chi connectivity index (χ3n) is 6.83. The van der Waals surface area contributed by atoms with Crippen LogP contribution in [0.4, 0.5) is 0 Å². The molecule has 0 bridgehead atoms. The highest BCUT2D eigenvalue weighted by Gasteiger charge is 2.56. The van der Waals surface area contributed by atoms with Crippen molar-refractivity contribution in [3.05, 3.63) is 89.5 Å². The van der Waals surface area contributed by atoms with E-state index in [0.717, 1.165) is 19.3 Å². The molecule has 3 aromatic rings. The van der Waals surface area contributed by atoms with Gasteiger partial charge in [0.1, 0.15) is 29.0 Å². The lowest BCUT2D eigenvalue weighted by molar-refractivity contribution is -0.123. The minimum Gasteiger partial charge on any atom is -0.299 e. The Hall–Kier alpha value is -2.24. The van der Waals surface area contributed by atoms with Crippen molar-refractivity contribution in [2.24, 2.45) is 5.92 Å². The Morgan fingerprint density at radius 2 is 1.03 bits per heavy atom.